The summed E-state index contributed by atoms with van der Waals surface area (Å²) in [6, 6.07) is -0.339. The number of carbonyl (C=O) groups excluding carboxylic acids is 1. The molecule has 0 spiro atoms. The van der Waals surface area contributed by atoms with Gasteiger partial charge in [-0.1, -0.05) is 0 Å². The quantitative estimate of drug-likeness (QED) is 0.789. The minimum atomic E-state index is -0.339. The maximum Gasteiger partial charge on any atom is 0.283 e. The third-order valence-corrected chi connectivity index (χ3v) is 4.22. The van der Waals surface area contributed by atoms with Gasteiger partial charge in [-0.25, -0.2) is 4.68 Å². The summed E-state index contributed by atoms with van der Waals surface area (Å²) in [6.45, 7) is 6.81. The number of hydrogen-bond acceptors (Lipinski definition) is 5. The maximum absolute atomic E-state index is 12.2. The molecule has 0 saturated carbocycles. The van der Waals surface area contributed by atoms with Crippen molar-refractivity contribution in [2.45, 2.75) is 26.4 Å². The Morgan fingerprint density at radius 1 is 1.57 bits per heavy atom. The Labute approximate surface area is 131 Å². The lowest BCUT2D eigenvalue weighted by molar-refractivity contribution is -0.122. The van der Waals surface area contributed by atoms with Crippen LogP contribution >= 0.6 is 15.9 Å². The zero-order valence-electron chi connectivity index (χ0n) is 12.2. The molecule has 8 heteroatoms. The third kappa shape index (κ3) is 3.26. The standard InChI is InChI=1S/C13H20BrN5O2/c1-3-16-12(20)10-7-15-5-6-18(10)9-8-17-19(4-2)13(21)11(9)14/h8,10,15H,3-7H2,1-2H3,(H,16,20). The first-order valence-corrected chi connectivity index (χ1v) is 7.90. The second kappa shape index (κ2) is 7.04. The predicted octanol–water partition coefficient (Wildman–Crippen LogP) is -0.0600. The number of halogens is 1. The highest BCUT2D eigenvalue weighted by Crippen LogP contribution is 2.24. The van der Waals surface area contributed by atoms with Gasteiger partial charge in [-0.05, 0) is 29.8 Å². The van der Waals surface area contributed by atoms with Crippen LogP contribution in [0.5, 0.6) is 0 Å². The van der Waals surface area contributed by atoms with Crippen LogP contribution in [0.2, 0.25) is 0 Å². The summed E-state index contributed by atoms with van der Waals surface area (Å²) in [6.07, 6.45) is 1.65. The van der Waals surface area contributed by atoms with Gasteiger partial charge < -0.3 is 15.5 Å². The Kier molecular flexibility index (Phi) is 5.35. The first-order valence-electron chi connectivity index (χ1n) is 7.10. The van der Waals surface area contributed by atoms with Gasteiger partial charge in [0.1, 0.15) is 10.5 Å². The lowest BCUT2D eigenvalue weighted by Crippen LogP contribution is -2.58. The number of anilines is 1. The first-order chi connectivity index (χ1) is 10.1. The fourth-order valence-corrected chi connectivity index (χ4v) is 2.94. The van der Waals surface area contributed by atoms with Gasteiger partial charge in [0.05, 0.1) is 11.9 Å². The van der Waals surface area contributed by atoms with Crippen molar-refractivity contribution < 1.29 is 4.79 Å². The molecule has 1 saturated heterocycles. The molecule has 1 unspecified atom stereocenters. The van der Waals surface area contributed by atoms with Crippen LogP contribution in [-0.4, -0.2) is 47.9 Å². The molecule has 0 radical (unpaired) electrons. The maximum atomic E-state index is 12.2. The molecule has 21 heavy (non-hydrogen) atoms. The molecule has 1 aromatic heterocycles. The lowest BCUT2D eigenvalue weighted by atomic mass is 10.1. The fraction of sp³-hybridized carbons (Fsp3) is 0.615. The second-order valence-electron chi connectivity index (χ2n) is 4.77. The molecule has 7 nitrogen and oxygen atoms in total. The molecule has 2 N–H and O–H groups in total. The number of likely N-dealkylation sites (N-methyl/N-ethyl adjacent to an activating group) is 1. The average molecular weight is 358 g/mol. The third-order valence-electron chi connectivity index (χ3n) is 3.47. The van der Waals surface area contributed by atoms with Crippen LogP contribution in [0, 0.1) is 0 Å². The van der Waals surface area contributed by atoms with Crippen LogP contribution in [-0.2, 0) is 11.3 Å². The molecule has 1 aliphatic rings. The van der Waals surface area contributed by atoms with E-state index in [-0.39, 0.29) is 17.5 Å². The Morgan fingerprint density at radius 3 is 3.00 bits per heavy atom. The normalized spacial score (nSPS) is 18.6. The number of rotatable bonds is 4. The molecular weight excluding hydrogens is 338 g/mol. The smallest absolute Gasteiger partial charge is 0.283 e. The highest BCUT2D eigenvalue weighted by molar-refractivity contribution is 9.10. The monoisotopic (exact) mass is 357 g/mol. The van der Waals surface area contributed by atoms with Crippen LogP contribution in [0.4, 0.5) is 5.69 Å². The lowest BCUT2D eigenvalue weighted by Gasteiger charge is -2.37. The summed E-state index contributed by atoms with van der Waals surface area (Å²) in [4.78, 5) is 26.3. The van der Waals surface area contributed by atoms with Crippen molar-refractivity contribution in [3.8, 4) is 0 Å². The van der Waals surface area contributed by atoms with Crippen LogP contribution < -0.4 is 21.1 Å². The van der Waals surface area contributed by atoms with Gasteiger partial charge in [0.25, 0.3) is 5.56 Å². The topological polar surface area (TPSA) is 79.3 Å². The summed E-state index contributed by atoms with van der Waals surface area (Å²) >= 11 is 3.36. The molecule has 1 atom stereocenters. The average Bonchev–Trinajstić information content (AvgIpc) is 2.50. The molecule has 2 rings (SSSR count). The van der Waals surface area contributed by atoms with Crippen molar-refractivity contribution >= 4 is 27.5 Å². The summed E-state index contributed by atoms with van der Waals surface area (Å²) in [5.74, 6) is -0.0451. The number of aromatic nitrogens is 2. The summed E-state index contributed by atoms with van der Waals surface area (Å²) < 4.78 is 1.84. The van der Waals surface area contributed by atoms with Crippen LogP contribution in [0.15, 0.2) is 15.5 Å². The van der Waals surface area contributed by atoms with Gasteiger partial charge in [0.2, 0.25) is 5.91 Å². The molecule has 0 bridgehead atoms. The number of amides is 1. The predicted molar refractivity (Wildman–Crippen MR) is 84.6 cm³/mol. The van der Waals surface area contributed by atoms with E-state index >= 15 is 0 Å². The largest absolute Gasteiger partial charge is 0.355 e. The molecule has 1 fully saturated rings. The number of nitrogens with one attached hydrogen (secondary N) is 2. The van der Waals surface area contributed by atoms with Crippen molar-refractivity contribution in [1.82, 2.24) is 20.4 Å². The first kappa shape index (κ1) is 16.0. The molecular formula is C13H20BrN5O2. The van der Waals surface area contributed by atoms with Crippen LogP contribution in [0.1, 0.15) is 13.8 Å². The van der Waals surface area contributed by atoms with Gasteiger partial charge in [0.15, 0.2) is 0 Å². The van der Waals surface area contributed by atoms with Gasteiger partial charge in [-0.15, -0.1) is 0 Å². The Bertz CT molecular complexity index is 574. The highest BCUT2D eigenvalue weighted by Gasteiger charge is 2.30. The van der Waals surface area contributed by atoms with Gasteiger partial charge in [0, 0.05) is 32.7 Å². The summed E-state index contributed by atoms with van der Waals surface area (Å²) in [5.41, 5.74) is 0.491. The van der Waals surface area contributed by atoms with Gasteiger partial charge in [-0.2, -0.15) is 5.10 Å². The number of piperazine rings is 1. The molecule has 0 aliphatic carbocycles. The van der Waals surface area contributed by atoms with E-state index < -0.39 is 0 Å². The van der Waals surface area contributed by atoms with Crippen LogP contribution in [0.3, 0.4) is 0 Å². The van der Waals surface area contributed by atoms with Gasteiger partial charge in [-0.3, -0.25) is 9.59 Å². The Hall–Kier alpha value is -1.41. The molecule has 0 aromatic carbocycles. The van der Waals surface area contributed by atoms with Crippen LogP contribution in [0.25, 0.3) is 0 Å². The van der Waals surface area contributed by atoms with E-state index in [1.807, 2.05) is 18.7 Å². The minimum absolute atomic E-state index is 0.0451. The fourth-order valence-electron chi connectivity index (χ4n) is 2.40. The van der Waals surface area contributed by atoms with Crippen molar-refractivity contribution in [1.29, 1.82) is 0 Å². The number of hydrogen-bond donors (Lipinski definition) is 2. The Morgan fingerprint density at radius 2 is 2.33 bits per heavy atom. The van der Waals surface area contributed by atoms with E-state index in [2.05, 4.69) is 31.7 Å². The van der Waals surface area contributed by atoms with Crippen molar-refractivity contribution in [3.63, 3.8) is 0 Å². The van der Waals surface area contributed by atoms with E-state index in [9.17, 15) is 9.59 Å². The van der Waals surface area contributed by atoms with Crippen molar-refractivity contribution in [3.05, 3.63) is 21.0 Å². The van der Waals surface area contributed by atoms with E-state index in [0.29, 0.717) is 36.3 Å². The zero-order valence-corrected chi connectivity index (χ0v) is 13.8. The van der Waals surface area contributed by atoms with E-state index in [4.69, 9.17) is 0 Å². The minimum Gasteiger partial charge on any atom is -0.355 e. The summed E-state index contributed by atoms with van der Waals surface area (Å²) in [7, 11) is 0. The molecule has 1 aromatic rings. The number of nitrogens with zero attached hydrogens (tertiary/aromatic N) is 3. The highest BCUT2D eigenvalue weighted by atomic mass is 79.9. The van der Waals surface area contributed by atoms with Gasteiger partial charge >= 0.3 is 0 Å². The molecule has 1 aliphatic heterocycles. The SMILES string of the molecule is CCNC(=O)C1CNCCN1c1cnn(CC)c(=O)c1Br. The molecule has 2 heterocycles. The van der Waals surface area contributed by atoms with E-state index in [0.717, 1.165) is 6.54 Å². The number of carbonyl (C=O) groups is 1. The van der Waals surface area contributed by atoms with E-state index in [1.54, 1.807) is 6.20 Å². The summed E-state index contributed by atoms with van der Waals surface area (Å²) in [5, 5.41) is 10.2. The van der Waals surface area contributed by atoms with Crippen molar-refractivity contribution in [2.24, 2.45) is 0 Å². The van der Waals surface area contributed by atoms with E-state index in [1.165, 1.54) is 4.68 Å². The Balaban J connectivity index is 2.36. The number of aryl methyl sites for hydroxylation is 1. The van der Waals surface area contributed by atoms with Crippen molar-refractivity contribution in [2.75, 3.05) is 31.1 Å². The molecule has 1 amide bonds. The zero-order chi connectivity index (χ0) is 15.4. The second-order valence-corrected chi connectivity index (χ2v) is 5.57. The molecule has 116 valence electrons.